The lowest BCUT2D eigenvalue weighted by molar-refractivity contribution is 0.629. The fraction of sp³-hybridized carbons (Fsp3) is 0.417. The average molecular weight is 241 g/mol. The van der Waals surface area contributed by atoms with Gasteiger partial charge in [-0.15, -0.1) is 0 Å². The summed E-state index contributed by atoms with van der Waals surface area (Å²) in [6.07, 6.45) is 4.43. The first-order chi connectivity index (χ1) is 7.75. The molecule has 0 spiro atoms. The maximum absolute atomic E-state index is 13.2. The molecule has 0 atom stereocenters. The summed E-state index contributed by atoms with van der Waals surface area (Å²) in [6.45, 7) is 0.860. The Hall–Kier alpha value is -1.09. The molecule has 1 aliphatic heterocycles. The van der Waals surface area contributed by atoms with Crippen LogP contribution in [0.15, 0.2) is 23.2 Å². The highest BCUT2D eigenvalue weighted by Crippen LogP contribution is 2.19. The van der Waals surface area contributed by atoms with Gasteiger partial charge in [0.25, 0.3) is 0 Å². The molecule has 1 aromatic rings. The van der Waals surface area contributed by atoms with Gasteiger partial charge < -0.3 is 5.32 Å². The van der Waals surface area contributed by atoms with E-state index >= 15 is 0 Å². The number of benzene rings is 1. The molecule has 0 saturated carbocycles. The van der Waals surface area contributed by atoms with Crippen molar-refractivity contribution in [1.29, 1.82) is 0 Å². The number of aliphatic imine (C=N–C) groups is 1. The molecular weight excluding hydrogens is 227 g/mol. The van der Waals surface area contributed by atoms with Crippen LogP contribution < -0.4 is 5.32 Å². The van der Waals surface area contributed by atoms with E-state index in [2.05, 4.69) is 10.3 Å². The third kappa shape index (κ3) is 2.95. The summed E-state index contributed by atoms with van der Waals surface area (Å²) in [5.41, 5.74) is 0.711. The topological polar surface area (TPSA) is 24.4 Å². The van der Waals surface area contributed by atoms with Gasteiger partial charge in [-0.1, -0.05) is 18.0 Å². The second-order valence-corrected chi connectivity index (χ2v) is 4.30. The minimum absolute atomic E-state index is 0.147. The van der Waals surface area contributed by atoms with Crippen LogP contribution in [0, 0.1) is 5.82 Å². The summed E-state index contributed by atoms with van der Waals surface area (Å²) < 4.78 is 13.2. The van der Waals surface area contributed by atoms with E-state index < -0.39 is 5.82 Å². The number of nitrogens with zero attached hydrogens (tertiary/aromatic N) is 1. The summed E-state index contributed by atoms with van der Waals surface area (Å²) >= 11 is 5.62. The van der Waals surface area contributed by atoms with Crippen LogP contribution >= 0.6 is 11.6 Å². The van der Waals surface area contributed by atoms with Crippen molar-refractivity contribution in [3.05, 3.63) is 29.0 Å². The molecule has 0 fully saturated rings. The molecule has 0 unspecified atom stereocenters. The van der Waals surface area contributed by atoms with Crippen LogP contribution in [0.25, 0.3) is 0 Å². The first-order valence-electron chi connectivity index (χ1n) is 5.51. The Bertz CT molecular complexity index is 404. The van der Waals surface area contributed by atoms with Gasteiger partial charge in [0.15, 0.2) is 0 Å². The maximum atomic E-state index is 13.2. The van der Waals surface area contributed by atoms with Crippen LogP contribution in [-0.2, 0) is 0 Å². The van der Waals surface area contributed by atoms with E-state index in [0.717, 1.165) is 31.6 Å². The first-order valence-corrected chi connectivity index (χ1v) is 5.89. The van der Waals surface area contributed by atoms with Crippen LogP contribution in [0.4, 0.5) is 10.1 Å². The summed E-state index contributed by atoms with van der Waals surface area (Å²) in [4.78, 5) is 4.42. The van der Waals surface area contributed by atoms with E-state index in [0.29, 0.717) is 5.69 Å². The second-order valence-electron chi connectivity index (χ2n) is 3.89. The molecule has 1 aliphatic rings. The smallest absolute Gasteiger partial charge is 0.143 e. The Morgan fingerprint density at radius 1 is 1.25 bits per heavy atom. The largest absolute Gasteiger partial charge is 0.344 e. The van der Waals surface area contributed by atoms with Gasteiger partial charge in [0.05, 0.1) is 5.02 Å². The average Bonchev–Trinajstić information content (AvgIpc) is 2.52. The molecule has 0 amide bonds. The summed E-state index contributed by atoms with van der Waals surface area (Å²) in [7, 11) is 0. The molecule has 0 aromatic heterocycles. The SMILES string of the molecule is Fc1cc(NC2=NCCCCC2)ccc1Cl. The number of rotatable bonds is 1. The minimum atomic E-state index is -0.402. The van der Waals surface area contributed by atoms with Crippen molar-refractivity contribution < 1.29 is 4.39 Å². The Morgan fingerprint density at radius 3 is 2.94 bits per heavy atom. The summed E-state index contributed by atoms with van der Waals surface area (Å²) in [5.74, 6) is 0.542. The zero-order valence-corrected chi connectivity index (χ0v) is 9.73. The van der Waals surface area contributed by atoms with Crippen molar-refractivity contribution in [3.8, 4) is 0 Å². The zero-order chi connectivity index (χ0) is 11.4. The highest BCUT2D eigenvalue weighted by Gasteiger charge is 2.06. The van der Waals surface area contributed by atoms with E-state index in [1.807, 2.05) is 0 Å². The predicted molar refractivity (Wildman–Crippen MR) is 65.8 cm³/mol. The zero-order valence-electron chi connectivity index (χ0n) is 8.97. The van der Waals surface area contributed by atoms with Crippen molar-refractivity contribution in [1.82, 2.24) is 0 Å². The highest BCUT2D eigenvalue weighted by molar-refractivity contribution is 6.30. The van der Waals surface area contributed by atoms with Crippen LogP contribution in [0.3, 0.4) is 0 Å². The standard InChI is InChI=1S/C12H14ClFN2/c13-10-6-5-9(8-11(10)14)16-12-4-2-1-3-7-15-12/h5-6,8H,1-4,7H2,(H,15,16). The van der Waals surface area contributed by atoms with Crippen molar-refractivity contribution >= 4 is 23.1 Å². The second kappa shape index (κ2) is 5.30. The van der Waals surface area contributed by atoms with Crippen LogP contribution in [0.5, 0.6) is 0 Å². The molecule has 0 bridgehead atoms. The number of anilines is 1. The maximum Gasteiger partial charge on any atom is 0.143 e. The minimum Gasteiger partial charge on any atom is -0.344 e. The fourth-order valence-electron chi connectivity index (χ4n) is 1.72. The number of hydrogen-bond donors (Lipinski definition) is 1. The fourth-order valence-corrected chi connectivity index (χ4v) is 1.83. The predicted octanol–water partition coefficient (Wildman–Crippen LogP) is 3.86. The molecule has 1 N–H and O–H groups in total. The van der Waals surface area contributed by atoms with Crippen molar-refractivity contribution in [2.24, 2.45) is 4.99 Å². The summed E-state index contributed by atoms with van der Waals surface area (Å²) in [5, 5.41) is 3.29. The van der Waals surface area contributed by atoms with E-state index in [-0.39, 0.29) is 5.02 Å². The molecule has 0 saturated heterocycles. The molecule has 2 rings (SSSR count). The molecule has 0 aliphatic carbocycles. The lowest BCUT2D eigenvalue weighted by Gasteiger charge is -2.08. The van der Waals surface area contributed by atoms with Gasteiger partial charge >= 0.3 is 0 Å². The van der Waals surface area contributed by atoms with Crippen molar-refractivity contribution in [2.75, 3.05) is 11.9 Å². The van der Waals surface area contributed by atoms with Crippen LogP contribution in [0.1, 0.15) is 25.7 Å². The number of nitrogens with one attached hydrogen (secondary N) is 1. The Balaban J connectivity index is 2.07. The van der Waals surface area contributed by atoms with E-state index in [1.54, 1.807) is 12.1 Å². The molecule has 4 heteroatoms. The molecule has 86 valence electrons. The van der Waals surface area contributed by atoms with Gasteiger partial charge in [-0.3, -0.25) is 4.99 Å². The Labute approximate surface area is 99.5 Å². The molecule has 1 aromatic carbocycles. The Kier molecular flexibility index (Phi) is 3.78. The number of amidine groups is 1. The third-order valence-electron chi connectivity index (χ3n) is 2.58. The summed E-state index contributed by atoms with van der Waals surface area (Å²) in [6, 6.07) is 4.71. The van der Waals surface area contributed by atoms with Gasteiger partial charge in [-0.2, -0.15) is 0 Å². The highest BCUT2D eigenvalue weighted by atomic mass is 35.5. The van der Waals surface area contributed by atoms with E-state index in [1.165, 1.54) is 12.5 Å². The van der Waals surface area contributed by atoms with Gasteiger partial charge in [0, 0.05) is 18.7 Å². The van der Waals surface area contributed by atoms with Gasteiger partial charge in [0.2, 0.25) is 0 Å². The van der Waals surface area contributed by atoms with Crippen LogP contribution in [-0.4, -0.2) is 12.4 Å². The quantitative estimate of drug-likeness (QED) is 0.792. The van der Waals surface area contributed by atoms with Gasteiger partial charge in [-0.25, -0.2) is 4.39 Å². The molecule has 1 heterocycles. The van der Waals surface area contributed by atoms with E-state index in [9.17, 15) is 4.39 Å². The van der Waals surface area contributed by atoms with Crippen molar-refractivity contribution in [3.63, 3.8) is 0 Å². The van der Waals surface area contributed by atoms with E-state index in [4.69, 9.17) is 11.6 Å². The third-order valence-corrected chi connectivity index (χ3v) is 2.89. The van der Waals surface area contributed by atoms with Gasteiger partial charge in [-0.05, 0) is 31.0 Å². The lowest BCUT2D eigenvalue weighted by atomic mass is 10.2. The Morgan fingerprint density at radius 2 is 2.12 bits per heavy atom. The molecule has 2 nitrogen and oxygen atoms in total. The monoisotopic (exact) mass is 240 g/mol. The number of halogens is 2. The molecule has 0 radical (unpaired) electrons. The first kappa shape index (κ1) is 11.4. The van der Waals surface area contributed by atoms with Crippen LogP contribution in [0.2, 0.25) is 5.02 Å². The molecule has 16 heavy (non-hydrogen) atoms. The normalized spacial score (nSPS) is 16.5. The number of hydrogen-bond acceptors (Lipinski definition) is 2. The van der Waals surface area contributed by atoms with Crippen molar-refractivity contribution in [2.45, 2.75) is 25.7 Å². The lowest BCUT2D eigenvalue weighted by Crippen LogP contribution is -2.11. The van der Waals surface area contributed by atoms with Gasteiger partial charge in [0.1, 0.15) is 11.7 Å². The molecular formula is C12H14ClFN2.